The van der Waals surface area contributed by atoms with E-state index in [1.165, 1.54) is 36.8 Å². The van der Waals surface area contributed by atoms with Crippen LogP contribution in [0.3, 0.4) is 0 Å². The van der Waals surface area contributed by atoms with Crippen LogP contribution in [-0.4, -0.2) is 0 Å². The monoisotopic (exact) mass is 201 g/mol. The highest BCUT2D eigenvalue weighted by molar-refractivity contribution is 5.76. The van der Waals surface area contributed by atoms with Gasteiger partial charge in [-0.15, -0.1) is 0 Å². The van der Waals surface area contributed by atoms with Gasteiger partial charge in [-0.3, -0.25) is 0 Å². The van der Waals surface area contributed by atoms with E-state index in [0.717, 1.165) is 5.69 Å². The topological polar surface area (TPSA) is 26.0 Å². The van der Waals surface area contributed by atoms with Crippen LogP contribution in [-0.2, 0) is 6.42 Å². The van der Waals surface area contributed by atoms with Crippen LogP contribution in [0.5, 0.6) is 0 Å². The molecule has 0 aliphatic heterocycles. The molecule has 0 spiro atoms. The largest absolute Gasteiger partial charge is 0.399 e. The molecule has 1 aliphatic rings. The van der Waals surface area contributed by atoms with E-state index in [4.69, 9.17) is 5.73 Å². The number of fused-ring (bicyclic) bond motifs is 1. The number of allylic oxidation sites excluding steroid dienone is 2. The number of rotatable bonds is 2. The predicted molar refractivity (Wildman–Crippen MR) is 66.7 cm³/mol. The molecule has 80 valence electrons. The summed E-state index contributed by atoms with van der Waals surface area (Å²) in [7, 11) is 0. The van der Waals surface area contributed by atoms with Crippen LogP contribution >= 0.6 is 0 Å². The Morgan fingerprint density at radius 3 is 2.60 bits per heavy atom. The van der Waals surface area contributed by atoms with E-state index in [9.17, 15) is 0 Å². The Morgan fingerprint density at radius 2 is 1.93 bits per heavy atom. The maximum absolute atomic E-state index is 5.80. The molecule has 1 nitrogen and oxygen atoms in total. The SMILES string of the molecule is CCC(CC)=C1CCc2cc(N)ccc21. The molecule has 2 rings (SSSR count). The first-order valence-corrected chi connectivity index (χ1v) is 5.86. The summed E-state index contributed by atoms with van der Waals surface area (Å²) in [6, 6.07) is 6.34. The second kappa shape index (κ2) is 4.09. The van der Waals surface area contributed by atoms with Crippen molar-refractivity contribution >= 4 is 11.3 Å². The van der Waals surface area contributed by atoms with Crippen molar-refractivity contribution < 1.29 is 0 Å². The molecular weight excluding hydrogens is 182 g/mol. The maximum atomic E-state index is 5.80. The van der Waals surface area contributed by atoms with Crippen LogP contribution in [0.15, 0.2) is 23.8 Å². The first-order chi connectivity index (χ1) is 7.26. The quantitative estimate of drug-likeness (QED) is 0.724. The summed E-state index contributed by atoms with van der Waals surface area (Å²) in [6.07, 6.45) is 4.72. The smallest absolute Gasteiger partial charge is 0.0317 e. The van der Waals surface area contributed by atoms with Gasteiger partial charge in [-0.05, 0) is 54.5 Å². The van der Waals surface area contributed by atoms with Gasteiger partial charge in [-0.2, -0.15) is 0 Å². The lowest BCUT2D eigenvalue weighted by atomic mass is 9.98. The van der Waals surface area contributed by atoms with Gasteiger partial charge in [0.25, 0.3) is 0 Å². The minimum Gasteiger partial charge on any atom is -0.399 e. The van der Waals surface area contributed by atoms with Crippen molar-refractivity contribution in [3.63, 3.8) is 0 Å². The van der Waals surface area contributed by atoms with E-state index in [2.05, 4.69) is 26.0 Å². The molecule has 0 atom stereocenters. The van der Waals surface area contributed by atoms with Gasteiger partial charge < -0.3 is 5.73 Å². The zero-order valence-electron chi connectivity index (χ0n) is 9.64. The summed E-state index contributed by atoms with van der Waals surface area (Å²) in [5.41, 5.74) is 12.8. The fraction of sp³-hybridized carbons (Fsp3) is 0.429. The molecule has 2 N–H and O–H groups in total. The molecule has 0 saturated heterocycles. The number of anilines is 1. The standard InChI is InChI=1S/C14H19N/c1-3-10(4-2)13-7-5-11-9-12(15)6-8-14(11)13/h6,8-9H,3-5,7,15H2,1-2H3. The van der Waals surface area contributed by atoms with Crippen molar-refractivity contribution in [1.82, 2.24) is 0 Å². The Hall–Kier alpha value is -1.24. The van der Waals surface area contributed by atoms with Gasteiger partial charge in [0.1, 0.15) is 0 Å². The van der Waals surface area contributed by atoms with Crippen LogP contribution in [0.4, 0.5) is 5.69 Å². The van der Waals surface area contributed by atoms with Gasteiger partial charge in [-0.25, -0.2) is 0 Å². The summed E-state index contributed by atoms with van der Waals surface area (Å²) >= 11 is 0. The zero-order valence-corrected chi connectivity index (χ0v) is 9.64. The number of hydrogen-bond acceptors (Lipinski definition) is 1. The fourth-order valence-electron chi connectivity index (χ4n) is 2.55. The lowest BCUT2D eigenvalue weighted by Gasteiger charge is -2.08. The molecule has 0 fully saturated rings. The summed E-state index contributed by atoms with van der Waals surface area (Å²) in [4.78, 5) is 0. The van der Waals surface area contributed by atoms with E-state index in [1.807, 2.05) is 6.07 Å². The summed E-state index contributed by atoms with van der Waals surface area (Å²) in [5, 5.41) is 0. The molecule has 0 aromatic heterocycles. The zero-order chi connectivity index (χ0) is 10.8. The molecule has 0 bridgehead atoms. The molecule has 0 radical (unpaired) electrons. The number of nitrogen functional groups attached to an aromatic ring is 1. The van der Waals surface area contributed by atoms with E-state index in [0.29, 0.717) is 0 Å². The molecule has 0 saturated carbocycles. The highest BCUT2D eigenvalue weighted by Gasteiger charge is 2.18. The third-order valence-electron chi connectivity index (χ3n) is 3.38. The summed E-state index contributed by atoms with van der Waals surface area (Å²) in [5.74, 6) is 0. The molecule has 1 aromatic carbocycles. The first kappa shape index (κ1) is 10.3. The third-order valence-corrected chi connectivity index (χ3v) is 3.38. The van der Waals surface area contributed by atoms with Gasteiger partial charge in [0, 0.05) is 5.69 Å². The van der Waals surface area contributed by atoms with Crippen molar-refractivity contribution in [3.05, 3.63) is 34.9 Å². The molecule has 0 unspecified atom stereocenters. The number of nitrogens with two attached hydrogens (primary N) is 1. The average Bonchev–Trinajstić information content (AvgIpc) is 2.63. The number of hydrogen-bond donors (Lipinski definition) is 1. The molecule has 15 heavy (non-hydrogen) atoms. The molecule has 1 aliphatic carbocycles. The Balaban J connectivity index is 2.48. The van der Waals surface area contributed by atoms with Gasteiger partial charge in [0.15, 0.2) is 0 Å². The average molecular weight is 201 g/mol. The van der Waals surface area contributed by atoms with Gasteiger partial charge >= 0.3 is 0 Å². The summed E-state index contributed by atoms with van der Waals surface area (Å²) < 4.78 is 0. The molecular formula is C14H19N. The van der Waals surface area contributed by atoms with E-state index in [1.54, 1.807) is 11.1 Å². The third kappa shape index (κ3) is 1.79. The van der Waals surface area contributed by atoms with Crippen LogP contribution in [0.2, 0.25) is 0 Å². The predicted octanol–water partition coefficient (Wildman–Crippen LogP) is 3.79. The normalized spacial score (nSPS) is 14.1. The first-order valence-electron chi connectivity index (χ1n) is 5.86. The summed E-state index contributed by atoms with van der Waals surface area (Å²) in [6.45, 7) is 4.50. The highest BCUT2D eigenvalue weighted by Crippen LogP contribution is 2.37. The fourth-order valence-corrected chi connectivity index (χ4v) is 2.55. The Labute approximate surface area is 92.0 Å². The molecule has 1 aromatic rings. The minimum absolute atomic E-state index is 0.893. The lowest BCUT2D eigenvalue weighted by Crippen LogP contribution is -1.89. The molecule has 0 amide bonds. The van der Waals surface area contributed by atoms with Crippen LogP contribution in [0.25, 0.3) is 5.57 Å². The van der Waals surface area contributed by atoms with Crippen LogP contribution < -0.4 is 5.73 Å². The molecule has 1 heteroatoms. The number of benzene rings is 1. The van der Waals surface area contributed by atoms with Crippen molar-refractivity contribution in [2.24, 2.45) is 0 Å². The van der Waals surface area contributed by atoms with Crippen molar-refractivity contribution in [2.75, 3.05) is 5.73 Å². The lowest BCUT2D eigenvalue weighted by molar-refractivity contribution is 0.962. The number of aryl methyl sites for hydroxylation is 1. The van der Waals surface area contributed by atoms with Crippen molar-refractivity contribution in [3.8, 4) is 0 Å². The van der Waals surface area contributed by atoms with Gasteiger partial charge in [0.2, 0.25) is 0 Å². The van der Waals surface area contributed by atoms with Crippen LogP contribution in [0, 0.1) is 0 Å². The van der Waals surface area contributed by atoms with Crippen molar-refractivity contribution in [1.29, 1.82) is 0 Å². The van der Waals surface area contributed by atoms with Crippen molar-refractivity contribution in [2.45, 2.75) is 39.5 Å². The van der Waals surface area contributed by atoms with Gasteiger partial charge in [-0.1, -0.05) is 25.5 Å². The Bertz CT molecular complexity index is 396. The van der Waals surface area contributed by atoms with E-state index in [-0.39, 0.29) is 0 Å². The van der Waals surface area contributed by atoms with Gasteiger partial charge in [0.05, 0.1) is 0 Å². The highest BCUT2D eigenvalue weighted by atomic mass is 14.5. The van der Waals surface area contributed by atoms with E-state index < -0.39 is 0 Å². The Kier molecular flexibility index (Phi) is 2.81. The second-order valence-electron chi connectivity index (χ2n) is 4.21. The van der Waals surface area contributed by atoms with Crippen LogP contribution in [0.1, 0.15) is 44.2 Å². The maximum Gasteiger partial charge on any atom is 0.0317 e. The molecule has 0 heterocycles. The Morgan fingerprint density at radius 1 is 1.20 bits per heavy atom. The minimum atomic E-state index is 0.893. The second-order valence-corrected chi connectivity index (χ2v) is 4.21. The van der Waals surface area contributed by atoms with E-state index >= 15 is 0 Å².